The molecule has 1 heterocycles. The van der Waals surface area contributed by atoms with Crippen molar-refractivity contribution in [3.63, 3.8) is 0 Å². The van der Waals surface area contributed by atoms with Crippen molar-refractivity contribution in [2.75, 3.05) is 13.7 Å². The maximum Gasteiger partial charge on any atom is 0.123 e. The largest absolute Gasteiger partial charge is 0.497 e. The molecule has 1 aliphatic heterocycles. The van der Waals surface area contributed by atoms with Crippen LogP contribution in [0.15, 0.2) is 48.5 Å². The van der Waals surface area contributed by atoms with E-state index in [1.54, 1.807) is 19.2 Å². The van der Waals surface area contributed by atoms with Crippen molar-refractivity contribution in [2.24, 2.45) is 0 Å². The van der Waals surface area contributed by atoms with Crippen LogP contribution in [0.25, 0.3) is 0 Å². The predicted octanol–water partition coefficient (Wildman–Crippen LogP) is 4.17. The molecule has 0 unspecified atom stereocenters. The summed E-state index contributed by atoms with van der Waals surface area (Å²) in [5.41, 5.74) is 2.35. The summed E-state index contributed by atoms with van der Waals surface area (Å²) in [4.78, 5) is 2.43. The Morgan fingerprint density at radius 2 is 2.00 bits per heavy atom. The van der Waals surface area contributed by atoms with E-state index in [1.165, 1.54) is 18.1 Å². The van der Waals surface area contributed by atoms with Crippen LogP contribution in [0.2, 0.25) is 0 Å². The summed E-state index contributed by atoms with van der Waals surface area (Å²) in [6, 6.07) is 15.6. The first kappa shape index (κ1) is 14.1. The molecule has 0 bridgehead atoms. The highest BCUT2D eigenvalue weighted by atomic mass is 19.1. The fourth-order valence-electron chi connectivity index (χ4n) is 3.09. The highest BCUT2D eigenvalue weighted by molar-refractivity contribution is 5.30. The van der Waals surface area contributed by atoms with Crippen molar-refractivity contribution in [1.29, 1.82) is 0 Å². The van der Waals surface area contributed by atoms with Gasteiger partial charge in [-0.2, -0.15) is 0 Å². The maximum atomic E-state index is 13.3. The molecule has 0 spiro atoms. The van der Waals surface area contributed by atoms with Crippen molar-refractivity contribution < 1.29 is 9.13 Å². The number of likely N-dealkylation sites (tertiary alicyclic amines) is 1. The SMILES string of the molecule is COc1ccc([C@H]2CCCN2Cc2cccc(F)c2)cc1. The minimum Gasteiger partial charge on any atom is -0.497 e. The lowest BCUT2D eigenvalue weighted by atomic mass is 10.0. The van der Waals surface area contributed by atoms with Crippen LogP contribution in [-0.2, 0) is 6.54 Å². The molecule has 1 saturated heterocycles. The van der Waals surface area contributed by atoms with E-state index in [0.29, 0.717) is 6.04 Å². The number of hydrogen-bond donors (Lipinski definition) is 0. The van der Waals surface area contributed by atoms with Gasteiger partial charge < -0.3 is 4.74 Å². The summed E-state index contributed by atoms with van der Waals surface area (Å²) in [6.07, 6.45) is 2.34. The van der Waals surface area contributed by atoms with Crippen molar-refractivity contribution in [1.82, 2.24) is 4.90 Å². The number of methoxy groups -OCH3 is 1. The third-order valence-corrected chi connectivity index (χ3v) is 4.14. The zero-order valence-electron chi connectivity index (χ0n) is 12.3. The summed E-state index contributed by atoms with van der Waals surface area (Å²) >= 11 is 0. The Balaban J connectivity index is 1.75. The summed E-state index contributed by atoms with van der Waals surface area (Å²) in [5, 5.41) is 0. The van der Waals surface area contributed by atoms with Crippen LogP contribution in [-0.4, -0.2) is 18.6 Å². The Morgan fingerprint density at radius 3 is 2.71 bits per heavy atom. The van der Waals surface area contributed by atoms with Gasteiger partial charge >= 0.3 is 0 Å². The molecule has 21 heavy (non-hydrogen) atoms. The lowest BCUT2D eigenvalue weighted by Crippen LogP contribution is -2.22. The zero-order valence-corrected chi connectivity index (χ0v) is 12.3. The number of hydrogen-bond acceptors (Lipinski definition) is 2. The second-order valence-corrected chi connectivity index (χ2v) is 5.53. The molecule has 0 aliphatic carbocycles. The Morgan fingerprint density at radius 1 is 1.19 bits per heavy atom. The molecule has 3 heteroatoms. The highest BCUT2D eigenvalue weighted by Crippen LogP contribution is 2.33. The quantitative estimate of drug-likeness (QED) is 0.836. The van der Waals surface area contributed by atoms with E-state index in [-0.39, 0.29) is 5.82 Å². The van der Waals surface area contributed by atoms with Crippen LogP contribution < -0.4 is 4.74 Å². The first-order chi connectivity index (χ1) is 10.3. The van der Waals surface area contributed by atoms with Gasteiger partial charge in [-0.05, 0) is 54.8 Å². The van der Waals surface area contributed by atoms with Gasteiger partial charge in [0.2, 0.25) is 0 Å². The standard InChI is InChI=1S/C18H20FNO/c1-21-17-9-7-15(8-10-17)18-6-3-11-20(18)13-14-4-2-5-16(19)12-14/h2,4-5,7-10,12,18H,3,6,11,13H2,1H3/t18-/m1/s1. The fraction of sp³-hybridized carbons (Fsp3) is 0.333. The number of rotatable bonds is 4. The first-order valence-electron chi connectivity index (χ1n) is 7.39. The fourth-order valence-corrected chi connectivity index (χ4v) is 3.09. The summed E-state index contributed by atoms with van der Waals surface area (Å²) in [7, 11) is 1.68. The van der Waals surface area contributed by atoms with Crippen molar-refractivity contribution in [3.8, 4) is 5.75 Å². The molecule has 2 aromatic carbocycles. The topological polar surface area (TPSA) is 12.5 Å². The maximum absolute atomic E-state index is 13.3. The van der Waals surface area contributed by atoms with Crippen LogP contribution in [0.5, 0.6) is 5.75 Å². The molecule has 0 aromatic heterocycles. The Hall–Kier alpha value is -1.87. The molecule has 0 saturated carbocycles. The molecule has 0 amide bonds. The van der Waals surface area contributed by atoms with Gasteiger partial charge in [0.15, 0.2) is 0 Å². The average Bonchev–Trinajstić information content (AvgIpc) is 2.95. The third kappa shape index (κ3) is 3.24. The van der Waals surface area contributed by atoms with Crippen LogP contribution >= 0.6 is 0 Å². The second kappa shape index (κ2) is 6.27. The molecule has 110 valence electrons. The van der Waals surface area contributed by atoms with Gasteiger partial charge in [0, 0.05) is 12.6 Å². The normalized spacial score (nSPS) is 18.9. The molecule has 1 aliphatic rings. The first-order valence-corrected chi connectivity index (χ1v) is 7.39. The van der Waals surface area contributed by atoms with Gasteiger partial charge in [-0.15, -0.1) is 0 Å². The highest BCUT2D eigenvalue weighted by Gasteiger charge is 2.25. The summed E-state index contributed by atoms with van der Waals surface area (Å²) in [5.74, 6) is 0.723. The van der Waals surface area contributed by atoms with E-state index >= 15 is 0 Å². The van der Waals surface area contributed by atoms with Gasteiger partial charge in [-0.1, -0.05) is 24.3 Å². The lowest BCUT2D eigenvalue weighted by Gasteiger charge is -2.25. The Bertz CT molecular complexity index is 596. The van der Waals surface area contributed by atoms with Crippen LogP contribution in [0.1, 0.15) is 30.0 Å². The number of ether oxygens (including phenoxy) is 1. The molecule has 1 fully saturated rings. The van der Waals surface area contributed by atoms with E-state index in [0.717, 1.165) is 30.8 Å². The number of halogens is 1. The zero-order chi connectivity index (χ0) is 14.7. The number of nitrogens with zero attached hydrogens (tertiary/aromatic N) is 1. The molecule has 2 aromatic rings. The van der Waals surface area contributed by atoms with Gasteiger partial charge in [0.1, 0.15) is 11.6 Å². The van der Waals surface area contributed by atoms with Crippen molar-refractivity contribution in [2.45, 2.75) is 25.4 Å². The molecular weight excluding hydrogens is 265 g/mol. The summed E-state index contributed by atoms with van der Waals surface area (Å²) < 4.78 is 18.5. The van der Waals surface area contributed by atoms with E-state index in [4.69, 9.17) is 4.74 Å². The van der Waals surface area contributed by atoms with Crippen LogP contribution in [0.4, 0.5) is 4.39 Å². The Labute approximate surface area is 125 Å². The van der Waals surface area contributed by atoms with Crippen molar-refractivity contribution >= 4 is 0 Å². The van der Waals surface area contributed by atoms with Gasteiger partial charge in [-0.25, -0.2) is 4.39 Å². The minimum absolute atomic E-state index is 0.160. The third-order valence-electron chi connectivity index (χ3n) is 4.14. The second-order valence-electron chi connectivity index (χ2n) is 5.53. The van der Waals surface area contributed by atoms with Crippen LogP contribution in [0, 0.1) is 5.82 Å². The predicted molar refractivity (Wildman–Crippen MR) is 81.8 cm³/mol. The molecular formula is C18H20FNO. The number of benzene rings is 2. The van der Waals surface area contributed by atoms with Crippen molar-refractivity contribution in [3.05, 3.63) is 65.5 Å². The van der Waals surface area contributed by atoms with Gasteiger partial charge in [0.25, 0.3) is 0 Å². The van der Waals surface area contributed by atoms with E-state index in [9.17, 15) is 4.39 Å². The smallest absolute Gasteiger partial charge is 0.123 e. The van der Waals surface area contributed by atoms with Gasteiger partial charge in [0.05, 0.1) is 7.11 Å². The lowest BCUT2D eigenvalue weighted by molar-refractivity contribution is 0.248. The van der Waals surface area contributed by atoms with E-state index in [2.05, 4.69) is 17.0 Å². The molecule has 2 nitrogen and oxygen atoms in total. The molecule has 1 atom stereocenters. The summed E-state index contributed by atoms with van der Waals surface area (Å²) in [6.45, 7) is 1.86. The molecule has 0 radical (unpaired) electrons. The van der Waals surface area contributed by atoms with Gasteiger partial charge in [-0.3, -0.25) is 4.90 Å². The minimum atomic E-state index is -0.160. The molecule has 0 N–H and O–H groups in total. The van der Waals surface area contributed by atoms with Crippen LogP contribution in [0.3, 0.4) is 0 Å². The monoisotopic (exact) mass is 285 g/mol. The van der Waals surface area contributed by atoms with E-state index < -0.39 is 0 Å². The van der Waals surface area contributed by atoms with E-state index in [1.807, 2.05) is 18.2 Å². The molecule has 3 rings (SSSR count). The Kier molecular flexibility index (Phi) is 4.20. The average molecular weight is 285 g/mol.